The second-order valence-corrected chi connectivity index (χ2v) is 6.62. The molecule has 1 amide bonds. The van der Waals surface area contributed by atoms with Crippen molar-refractivity contribution in [1.29, 1.82) is 0 Å². The molecule has 1 N–H and O–H groups in total. The topological polar surface area (TPSA) is 29.1 Å². The maximum absolute atomic E-state index is 12.0. The van der Waals surface area contributed by atoms with Gasteiger partial charge in [0.15, 0.2) is 0 Å². The van der Waals surface area contributed by atoms with Crippen LogP contribution in [0.2, 0.25) is 0 Å². The minimum Gasteiger partial charge on any atom is -0.351 e. The Morgan fingerprint density at radius 1 is 1.15 bits per heavy atom. The summed E-state index contributed by atoms with van der Waals surface area (Å²) in [6, 6.07) is 14.4. The number of nitrogens with one attached hydrogen (secondary N) is 1. The molecule has 1 saturated carbocycles. The zero-order valence-corrected chi connectivity index (χ0v) is 12.3. The van der Waals surface area contributed by atoms with Gasteiger partial charge in [0.25, 0.3) is 5.91 Å². The number of benzene rings is 1. The molecule has 3 heteroatoms. The monoisotopic (exact) mass is 285 g/mol. The Morgan fingerprint density at radius 3 is 2.55 bits per heavy atom. The van der Waals surface area contributed by atoms with Crippen molar-refractivity contribution in [2.45, 2.75) is 25.7 Å². The third kappa shape index (κ3) is 2.93. The fraction of sp³-hybridized carbons (Fsp3) is 0.353. The van der Waals surface area contributed by atoms with Gasteiger partial charge in [-0.1, -0.05) is 42.8 Å². The number of hydrogen-bond donors (Lipinski definition) is 1. The molecule has 1 aromatic heterocycles. The van der Waals surface area contributed by atoms with E-state index >= 15 is 0 Å². The molecule has 0 atom stereocenters. The van der Waals surface area contributed by atoms with Crippen LogP contribution >= 0.6 is 11.3 Å². The number of rotatable bonds is 5. The van der Waals surface area contributed by atoms with E-state index in [0.717, 1.165) is 17.8 Å². The standard InChI is InChI=1S/C17H19NOS/c19-16(15-8-4-11-20-15)18-13-17(9-5-10-17)12-14-6-2-1-3-7-14/h1-4,6-8,11H,5,9-10,12-13H2,(H,18,19). The van der Waals surface area contributed by atoms with Crippen LogP contribution in [0.15, 0.2) is 47.8 Å². The Hall–Kier alpha value is -1.61. The largest absolute Gasteiger partial charge is 0.351 e. The molecule has 1 aliphatic carbocycles. The van der Waals surface area contributed by atoms with Crippen LogP contribution in [0.4, 0.5) is 0 Å². The smallest absolute Gasteiger partial charge is 0.261 e. The van der Waals surface area contributed by atoms with Crippen LogP contribution in [0.3, 0.4) is 0 Å². The van der Waals surface area contributed by atoms with Crippen LogP contribution in [0.25, 0.3) is 0 Å². The molecule has 20 heavy (non-hydrogen) atoms. The van der Waals surface area contributed by atoms with E-state index in [1.807, 2.05) is 17.5 Å². The van der Waals surface area contributed by atoms with Crippen molar-refractivity contribution in [3.05, 3.63) is 58.3 Å². The lowest BCUT2D eigenvalue weighted by atomic mass is 9.65. The molecule has 2 nitrogen and oxygen atoms in total. The highest BCUT2D eigenvalue weighted by atomic mass is 32.1. The quantitative estimate of drug-likeness (QED) is 0.887. The van der Waals surface area contributed by atoms with Crippen LogP contribution in [0, 0.1) is 5.41 Å². The zero-order valence-electron chi connectivity index (χ0n) is 11.5. The summed E-state index contributed by atoms with van der Waals surface area (Å²) in [4.78, 5) is 12.8. The van der Waals surface area contributed by atoms with E-state index in [9.17, 15) is 4.79 Å². The molecule has 3 rings (SSSR count). The SMILES string of the molecule is O=C(NCC1(Cc2ccccc2)CCC1)c1cccs1. The van der Waals surface area contributed by atoms with Gasteiger partial charge in [-0.25, -0.2) is 0 Å². The van der Waals surface area contributed by atoms with Crippen molar-refractivity contribution >= 4 is 17.2 Å². The van der Waals surface area contributed by atoms with E-state index in [2.05, 4.69) is 35.6 Å². The van der Waals surface area contributed by atoms with Gasteiger partial charge in [-0.2, -0.15) is 0 Å². The van der Waals surface area contributed by atoms with Crippen LogP contribution in [-0.4, -0.2) is 12.5 Å². The Balaban J connectivity index is 1.61. The number of hydrogen-bond acceptors (Lipinski definition) is 2. The molecular weight excluding hydrogens is 266 g/mol. The van der Waals surface area contributed by atoms with Gasteiger partial charge >= 0.3 is 0 Å². The highest BCUT2D eigenvalue weighted by Crippen LogP contribution is 2.43. The molecule has 1 aliphatic rings. The van der Waals surface area contributed by atoms with Gasteiger partial charge in [-0.05, 0) is 41.7 Å². The predicted molar refractivity (Wildman–Crippen MR) is 83.1 cm³/mol. The van der Waals surface area contributed by atoms with Crippen molar-refractivity contribution < 1.29 is 4.79 Å². The molecule has 0 radical (unpaired) electrons. The lowest BCUT2D eigenvalue weighted by Crippen LogP contribution is -2.43. The summed E-state index contributed by atoms with van der Waals surface area (Å²) in [6.45, 7) is 0.790. The summed E-state index contributed by atoms with van der Waals surface area (Å²) in [5, 5.41) is 5.06. The zero-order chi connectivity index (χ0) is 13.8. The fourth-order valence-electron chi connectivity index (χ4n) is 2.88. The number of amides is 1. The first-order chi connectivity index (χ1) is 9.77. The van der Waals surface area contributed by atoms with Crippen molar-refractivity contribution in [2.24, 2.45) is 5.41 Å². The van der Waals surface area contributed by atoms with E-state index in [-0.39, 0.29) is 11.3 Å². The summed E-state index contributed by atoms with van der Waals surface area (Å²) in [5.41, 5.74) is 1.64. The number of carbonyl (C=O) groups excluding carboxylic acids is 1. The predicted octanol–water partition coefficient (Wildman–Crippen LogP) is 3.89. The molecular formula is C17H19NOS. The van der Waals surface area contributed by atoms with Gasteiger partial charge < -0.3 is 5.32 Å². The van der Waals surface area contributed by atoms with Gasteiger partial charge in [0.1, 0.15) is 0 Å². The Labute approximate surface area is 123 Å². The van der Waals surface area contributed by atoms with Crippen molar-refractivity contribution in [3.63, 3.8) is 0 Å². The first kappa shape index (κ1) is 13.4. The second-order valence-electron chi connectivity index (χ2n) is 5.68. The maximum Gasteiger partial charge on any atom is 0.261 e. The first-order valence-corrected chi connectivity index (χ1v) is 8.01. The Bertz CT molecular complexity index is 558. The Kier molecular flexibility index (Phi) is 3.88. The minimum atomic E-state index is 0.0688. The van der Waals surface area contributed by atoms with Gasteiger partial charge in [0.2, 0.25) is 0 Å². The molecule has 2 aromatic rings. The average molecular weight is 285 g/mol. The van der Waals surface area contributed by atoms with Gasteiger partial charge in [-0.3, -0.25) is 4.79 Å². The molecule has 1 aromatic carbocycles. The lowest BCUT2D eigenvalue weighted by Gasteiger charge is -2.42. The van der Waals surface area contributed by atoms with Crippen LogP contribution in [0.1, 0.15) is 34.5 Å². The maximum atomic E-state index is 12.0. The third-order valence-electron chi connectivity index (χ3n) is 4.21. The van der Waals surface area contributed by atoms with E-state index in [4.69, 9.17) is 0 Å². The van der Waals surface area contributed by atoms with Gasteiger partial charge in [0.05, 0.1) is 4.88 Å². The van der Waals surface area contributed by atoms with Crippen molar-refractivity contribution in [2.75, 3.05) is 6.54 Å². The first-order valence-electron chi connectivity index (χ1n) is 7.13. The van der Waals surface area contributed by atoms with E-state index in [1.165, 1.54) is 36.2 Å². The summed E-state index contributed by atoms with van der Waals surface area (Å²) >= 11 is 1.50. The molecule has 104 valence electrons. The van der Waals surface area contributed by atoms with E-state index in [0.29, 0.717) is 0 Å². The van der Waals surface area contributed by atoms with E-state index < -0.39 is 0 Å². The molecule has 1 fully saturated rings. The van der Waals surface area contributed by atoms with E-state index in [1.54, 1.807) is 0 Å². The molecule has 0 aliphatic heterocycles. The molecule has 0 saturated heterocycles. The number of carbonyl (C=O) groups is 1. The van der Waals surface area contributed by atoms with Gasteiger partial charge in [0, 0.05) is 6.54 Å². The van der Waals surface area contributed by atoms with Crippen molar-refractivity contribution in [1.82, 2.24) is 5.32 Å². The fourth-order valence-corrected chi connectivity index (χ4v) is 3.52. The summed E-state index contributed by atoms with van der Waals surface area (Å²) in [7, 11) is 0. The lowest BCUT2D eigenvalue weighted by molar-refractivity contribution is 0.0863. The molecule has 1 heterocycles. The van der Waals surface area contributed by atoms with Gasteiger partial charge in [-0.15, -0.1) is 11.3 Å². The molecule has 0 bridgehead atoms. The van der Waals surface area contributed by atoms with Crippen molar-refractivity contribution in [3.8, 4) is 0 Å². The highest BCUT2D eigenvalue weighted by Gasteiger charge is 2.37. The Morgan fingerprint density at radius 2 is 1.95 bits per heavy atom. The summed E-state index contributed by atoms with van der Waals surface area (Å²) in [6.07, 6.45) is 4.78. The summed E-state index contributed by atoms with van der Waals surface area (Å²) < 4.78 is 0. The van der Waals surface area contributed by atoms with Crippen LogP contribution in [-0.2, 0) is 6.42 Å². The average Bonchev–Trinajstić information content (AvgIpc) is 2.96. The highest BCUT2D eigenvalue weighted by molar-refractivity contribution is 7.12. The number of thiophene rings is 1. The third-order valence-corrected chi connectivity index (χ3v) is 5.07. The minimum absolute atomic E-state index is 0.0688. The molecule has 0 unspecified atom stereocenters. The van der Waals surface area contributed by atoms with Crippen LogP contribution in [0.5, 0.6) is 0 Å². The molecule has 0 spiro atoms. The van der Waals surface area contributed by atoms with Crippen LogP contribution < -0.4 is 5.32 Å². The normalized spacial score (nSPS) is 16.4. The summed E-state index contributed by atoms with van der Waals surface area (Å²) in [5.74, 6) is 0.0688. The second kappa shape index (κ2) is 5.80.